The first-order chi connectivity index (χ1) is 10.2. The molecule has 7 heteroatoms. The van der Waals surface area contributed by atoms with Crippen LogP contribution in [0.1, 0.15) is 18.6 Å². The maximum atomic E-state index is 5.73. The lowest BCUT2D eigenvalue weighted by Gasteiger charge is -2.19. The van der Waals surface area contributed by atoms with E-state index in [0.717, 1.165) is 11.1 Å². The molecule has 0 amide bonds. The average Bonchev–Trinajstić information content (AvgIpc) is 2.46. The van der Waals surface area contributed by atoms with E-state index in [1.807, 2.05) is 31.2 Å². The third kappa shape index (κ3) is 3.65. The van der Waals surface area contributed by atoms with Crippen LogP contribution in [-0.2, 0) is 9.47 Å². The number of hydrogen-bond donors (Lipinski definition) is 2. The van der Waals surface area contributed by atoms with Gasteiger partial charge in [-0.1, -0.05) is 24.3 Å². The van der Waals surface area contributed by atoms with Gasteiger partial charge in [-0.2, -0.15) is 15.0 Å². The van der Waals surface area contributed by atoms with Gasteiger partial charge in [0.15, 0.2) is 5.82 Å². The number of methoxy groups -OCH3 is 1. The quantitative estimate of drug-likeness (QED) is 0.827. The molecule has 0 aliphatic heterocycles. The number of benzene rings is 1. The zero-order valence-electron chi connectivity index (χ0n) is 12.1. The second-order valence-electron chi connectivity index (χ2n) is 4.36. The van der Waals surface area contributed by atoms with Crippen molar-refractivity contribution in [3.8, 4) is 11.4 Å². The molecule has 0 aliphatic rings. The molecule has 1 aromatic heterocycles. The van der Waals surface area contributed by atoms with Crippen LogP contribution in [0, 0.1) is 0 Å². The summed E-state index contributed by atoms with van der Waals surface area (Å²) < 4.78 is 11.0. The summed E-state index contributed by atoms with van der Waals surface area (Å²) in [6.07, 6.45) is -0.213. The number of hydrogen-bond acceptors (Lipinski definition) is 7. The average molecular weight is 289 g/mol. The van der Waals surface area contributed by atoms with E-state index in [4.69, 9.17) is 20.9 Å². The Morgan fingerprint density at radius 3 is 2.38 bits per heavy atom. The third-order valence-electron chi connectivity index (χ3n) is 2.90. The fourth-order valence-corrected chi connectivity index (χ4v) is 2.09. The van der Waals surface area contributed by atoms with Crippen LogP contribution in [0.4, 0.5) is 11.9 Å². The van der Waals surface area contributed by atoms with Crippen LogP contribution >= 0.6 is 0 Å². The van der Waals surface area contributed by atoms with Crippen molar-refractivity contribution in [1.29, 1.82) is 0 Å². The molecule has 112 valence electrons. The fraction of sp³-hybridized carbons (Fsp3) is 0.357. The summed E-state index contributed by atoms with van der Waals surface area (Å²) in [5.41, 5.74) is 13.0. The first-order valence-corrected chi connectivity index (χ1v) is 6.62. The van der Waals surface area contributed by atoms with Gasteiger partial charge in [0, 0.05) is 19.3 Å². The maximum absolute atomic E-state index is 5.73. The molecular weight excluding hydrogens is 270 g/mol. The number of ether oxygens (including phenoxy) is 2. The first kappa shape index (κ1) is 15.1. The standard InChI is InChI=1S/C14H19N5O2/c1-3-21-11(8-20-2)9-6-4-5-7-10(9)12-17-13(15)19-14(16)18-12/h4-7,11H,3,8H2,1-2H3,(H4,15,16,17,18,19). The van der Waals surface area contributed by atoms with E-state index in [0.29, 0.717) is 19.0 Å². The van der Waals surface area contributed by atoms with Crippen LogP contribution in [0.15, 0.2) is 24.3 Å². The molecule has 0 radical (unpaired) electrons. The van der Waals surface area contributed by atoms with Gasteiger partial charge in [-0.15, -0.1) is 0 Å². The zero-order valence-corrected chi connectivity index (χ0v) is 12.1. The smallest absolute Gasteiger partial charge is 0.225 e. The van der Waals surface area contributed by atoms with E-state index in [1.165, 1.54) is 0 Å². The summed E-state index contributed by atoms with van der Waals surface area (Å²) in [5.74, 6) is 0.607. The second-order valence-corrected chi connectivity index (χ2v) is 4.36. The molecule has 1 atom stereocenters. The van der Waals surface area contributed by atoms with Crippen molar-refractivity contribution in [2.24, 2.45) is 0 Å². The minimum absolute atomic E-state index is 0.0898. The van der Waals surface area contributed by atoms with Crippen LogP contribution in [0.5, 0.6) is 0 Å². The topological polar surface area (TPSA) is 109 Å². The van der Waals surface area contributed by atoms with Crippen LogP contribution in [-0.4, -0.2) is 35.3 Å². The molecule has 0 saturated heterocycles. The van der Waals surface area contributed by atoms with Gasteiger partial charge >= 0.3 is 0 Å². The zero-order chi connectivity index (χ0) is 15.2. The summed E-state index contributed by atoms with van der Waals surface area (Å²) in [4.78, 5) is 12.1. The summed E-state index contributed by atoms with van der Waals surface area (Å²) in [5, 5.41) is 0. The minimum atomic E-state index is -0.213. The van der Waals surface area contributed by atoms with E-state index >= 15 is 0 Å². The summed E-state index contributed by atoms with van der Waals surface area (Å²) in [6.45, 7) is 2.94. The van der Waals surface area contributed by atoms with E-state index in [-0.39, 0.29) is 18.0 Å². The Hall–Kier alpha value is -2.25. The van der Waals surface area contributed by atoms with Crippen LogP contribution in [0.3, 0.4) is 0 Å². The lowest BCUT2D eigenvalue weighted by molar-refractivity contribution is 0.00309. The molecule has 0 fully saturated rings. The molecule has 21 heavy (non-hydrogen) atoms. The Kier molecular flexibility index (Phi) is 5.02. The molecule has 1 unspecified atom stereocenters. The van der Waals surface area contributed by atoms with Gasteiger partial charge in [-0.3, -0.25) is 0 Å². The second kappa shape index (κ2) is 6.96. The lowest BCUT2D eigenvalue weighted by atomic mass is 10.0. The SMILES string of the molecule is CCOC(COC)c1ccccc1-c1nc(N)nc(N)n1. The Labute approximate surface area is 123 Å². The Morgan fingerprint density at radius 1 is 1.10 bits per heavy atom. The molecule has 0 aliphatic carbocycles. The molecule has 7 nitrogen and oxygen atoms in total. The van der Waals surface area contributed by atoms with Gasteiger partial charge in [-0.05, 0) is 12.5 Å². The van der Waals surface area contributed by atoms with E-state index < -0.39 is 0 Å². The number of nitrogens with zero attached hydrogens (tertiary/aromatic N) is 3. The highest BCUT2D eigenvalue weighted by molar-refractivity contribution is 5.62. The van der Waals surface area contributed by atoms with Crippen molar-refractivity contribution in [2.75, 3.05) is 31.8 Å². The van der Waals surface area contributed by atoms with Crippen molar-refractivity contribution in [3.63, 3.8) is 0 Å². The van der Waals surface area contributed by atoms with Crippen molar-refractivity contribution >= 4 is 11.9 Å². The molecule has 0 saturated carbocycles. The van der Waals surface area contributed by atoms with Gasteiger partial charge in [0.05, 0.1) is 6.61 Å². The Bertz CT molecular complexity index is 579. The monoisotopic (exact) mass is 289 g/mol. The fourth-order valence-electron chi connectivity index (χ4n) is 2.09. The first-order valence-electron chi connectivity index (χ1n) is 6.62. The normalized spacial score (nSPS) is 12.3. The number of aromatic nitrogens is 3. The number of anilines is 2. The summed E-state index contributed by atoms with van der Waals surface area (Å²) in [7, 11) is 1.63. The van der Waals surface area contributed by atoms with Crippen LogP contribution in [0.25, 0.3) is 11.4 Å². The molecular formula is C14H19N5O2. The highest BCUT2D eigenvalue weighted by Gasteiger charge is 2.18. The molecule has 0 spiro atoms. The van der Waals surface area contributed by atoms with Crippen molar-refractivity contribution in [2.45, 2.75) is 13.0 Å². The maximum Gasteiger partial charge on any atom is 0.225 e. The lowest BCUT2D eigenvalue weighted by Crippen LogP contribution is -2.13. The summed E-state index contributed by atoms with van der Waals surface area (Å²) in [6, 6.07) is 7.66. The van der Waals surface area contributed by atoms with Gasteiger partial charge in [0.1, 0.15) is 6.10 Å². The van der Waals surface area contributed by atoms with E-state index in [9.17, 15) is 0 Å². The van der Waals surface area contributed by atoms with Crippen LogP contribution in [0.2, 0.25) is 0 Å². The summed E-state index contributed by atoms with van der Waals surface area (Å²) >= 11 is 0. The Balaban J connectivity index is 2.48. The molecule has 2 rings (SSSR count). The predicted octanol–water partition coefficient (Wildman–Crippen LogP) is 1.43. The van der Waals surface area contributed by atoms with Crippen molar-refractivity contribution in [3.05, 3.63) is 29.8 Å². The predicted molar refractivity (Wildman–Crippen MR) is 80.3 cm³/mol. The van der Waals surface area contributed by atoms with Gasteiger partial charge < -0.3 is 20.9 Å². The van der Waals surface area contributed by atoms with Crippen LogP contribution < -0.4 is 11.5 Å². The van der Waals surface area contributed by atoms with Gasteiger partial charge in [0.25, 0.3) is 0 Å². The molecule has 1 aromatic carbocycles. The Morgan fingerprint density at radius 2 is 1.76 bits per heavy atom. The largest absolute Gasteiger partial charge is 0.382 e. The van der Waals surface area contributed by atoms with E-state index in [1.54, 1.807) is 7.11 Å². The highest BCUT2D eigenvalue weighted by atomic mass is 16.5. The molecule has 1 heterocycles. The van der Waals surface area contributed by atoms with E-state index in [2.05, 4.69) is 15.0 Å². The third-order valence-corrected chi connectivity index (χ3v) is 2.90. The number of nitrogen functional groups attached to an aromatic ring is 2. The number of nitrogens with two attached hydrogens (primary N) is 2. The molecule has 2 aromatic rings. The van der Waals surface area contributed by atoms with Gasteiger partial charge in [0.2, 0.25) is 11.9 Å². The number of rotatable bonds is 6. The highest BCUT2D eigenvalue weighted by Crippen LogP contribution is 2.28. The van der Waals surface area contributed by atoms with Crippen molar-refractivity contribution in [1.82, 2.24) is 15.0 Å². The minimum Gasteiger partial charge on any atom is -0.382 e. The van der Waals surface area contributed by atoms with Gasteiger partial charge in [-0.25, -0.2) is 0 Å². The molecule has 4 N–H and O–H groups in total. The molecule has 0 bridgehead atoms. The van der Waals surface area contributed by atoms with Crippen molar-refractivity contribution < 1.29 is 9.47 Å².